The number of H-pyrrole nitrogens is 1. The number of benzene rings is 1. The second kappa shape index (κ2) is 5.18. The van der Waals surface area contributed by atoms with Crippen LogP contribution in [-0.4, -0.2) is 43.2 Å². The van der Waals surface area contributed by atoms with Crippen molar-refractivity contribution in [3.05, 3.63) is 41.2 Å². The minimum atomic E-state index is -1.43. The second-order valence-electron chi connectivity index (χ2n) is 3.66. The molecule has 0 unspecified atom stereocenters. The van der Waals surface area contributed by atoms with E-state index in [1.165, 1.54) is 12.4 Å². The molecule has 2 aromatic rings. The van der Waals surface area contributed by atoms with Gasteiger partial charge in [0.05, 0.1) is 11.1 Å². The van der Waals surface area contributed by atoms with Crippen molar-refractivity contribution < 1.29 is 24.6 Å². The third-order valence-electron chi connectivity index (χ3n) is 2.39. The van der Waals surface area contributed by atoms with Crippen molar-refractivity contribution >= 4 is 23.8 Å². The molecule has 0 saturated heterocycles. The molecule has 102 valence electrons. The molecule has 9 heteroatoms. The van der Waals surface area contributed by atoms with Crippen LogP contribution >= 0.6 is 0 Å². The number of hydrogen-bond acceptors (Lipinski definition) is 5. The highest BCUT2D eigenvalue weighted by atomic mass is 16.4. The molecular formula is C11H8N4O5. The monoisotopic (exact) mass is 276 g/mol. The van der Waals surface area contributed by atoms with Gasteiger partial charge in [-0.2, -0.15) is 0 Å². The molecule has 0 saturated carbocycles. The Bertz CT molecular complexity index is 680. The lowest BCUT2D eigenvalue weighted by atomic mass is 10.0. The fourth-order valence-electron chi connectivity index (χ4n) is 1.50. The molecule has 2 rings (SSSR count). The van der Waals surface area contributed by atoms with Crippen LogP contribution in [0.2, 0.25) is 0 Å². The van der Waals surface area contributed by atoms with Crippen LogP contribution < -0.4 is 5.32 Å². The van der Waals surface area contributed by atoms with Gasteiger partial charge in [0, 0.05) is 5.56 Å². The van der Waals surface area contributed by atoms with Gasteiger partial charge < -0.3 is 15.2 Å². The summed E-state index contributed by atoms with van der Waals surface area (Å²) in [6.07, 6.45) is 1.26. The number of nitrogens with zero attached hydrogens (tertiary/aromatic N) is 2. The molecule has 0 atom stereocenters. The maximum atomic E-state index is 11.8. The molecule has 0 radical (unpaired) electrons. The first-order valence-electron chi connectivity index (χ1n) is 5.27. The Kier molecular flexibility index (Phi) is 3.42. The molecule has 1 amide bonds. The van der Waals surface area contributed by atoms with Gasteiger partial charge in [-0.15, -0.1) is 10.2 Å². The molecule has 4 N–H and O–H groups in total. The van der Waals surface area contributed by atoms with Crippen LogP contribution in [0.5, 0.6) is 0 Å². The number of anilines is 1. The zero-order chi connectivity index (χ0) is 14.7. The van der Waals surface area contributed by atoms with E-state index in [0.29, 0.717) is 0 Å². The summed E-state index contributed by atoms with van der Waals surface area (Å²) in [4.78, 5) is 36.2. The first-order valence-corrected chi connectivity index (χ1v) is 5.27. The van der Waals surface area contributed by atoms with Crippen molar-refractivity contribution in [1.29, 1.82) is 0 Å². The van der Waals surface area contributed by atoms with Crippen molar-refractivity contribution in [3.63, 3.8) is 0 Å². The fourth-order valence-corrected chi connectivity index (χ4v) is 1.50. The van der Waals surface area contributed by atoms with E-state index in [4.69, 9.17) is 10.2 Å². The molecule has 0 fully saturated rings. The van der Waals surface area contributed by atoms with E-state index >= 15 is 0 Å². The molecule has 0 bridgehead atoms. The topological polar surface area (TPSA) is 145 Å². The fraction of sp³-hybridized carbons (Fsp3) is 0. The number of amides is 1. The summed E-state index contributed by atoms with van der Waals surface area (Å²) in [6, 6.07) is 3.25. The third-order valence-corrected chi connectivity index (χ3v) is 2.39. The van der Waals surface area contributed by atoms with E-state index in [1.54, 1.807) is 0 Å². The predicted molar refractivity (Wildman–Crippen MR) is 64.7 cm³/mol. The Morgan fingerprint density at radius 3 is 2.35 bits per heavy atom. The van der Waals surface area contributed by atoms with Gasteiger partial charge in [0.25, 0.3) is 5.91 Å². The number of rotatable bonds is 4. The standard InChI is InChI=1S/C11H8N4O5/c16-8(14-11-12-4-13-15-11)5-1-2-6(9(17)18)7(3-5)10(19)20/h1-4H,(H,17,18)(H,19,20)(H2,12,13,14,15,16). The van der Waals surface area contributed by atoms with Gasteiger partial charge in [0.15, 0.2) is 0 Å². The highest BCUT2D eigenvalue weighted by Gasteiger charge is 2.18. The molecule has 1 aromatic carbocycles. The molecule has 0 spiro atoms. The van der Waals surface area contributed by atoms with Gasteiger partial charge >= 0.3 is 11.9 Å². The van der Waals surface area contributed by atoms with Gasteiger partial charge in [-0.1, -0.05) is 0 Å². The third kappa shape index (κ3) is 2.61. The van der Waals surface area contributed by atoms with Crippen LogP contribution in [0.4, 0.5) is 5.95 Å². The summed E-state index contributed by atoms with van der Waals surface area (Å²) in [5.74, 6) is -3.36. The number of aromatic amines is 1. The van der Waals surface area contributed by atoms with Crippen LogP contribution in [0, 0.1) is 0 Å². The van der Waals surface area contributed by atoms with E-state index in [9.17, 15) is 14.4 Å². The molecular weight excluding hydrogens is 268 g/mol. The van der Waals surface area contributed by atoms with Gasteiger partial charge in [-0.3, -0.25) is 10.1 Å². The molecule has 9 nitrogen and oxygen atoms in total. The zero-order valence-corrected chi connectivity index (χ0v) is 9.82. The number of hydrogen-bond donors (Lipinski definition) is 4. The minimum Gasteiger partial charge on any atom is -0.478 e. The van der Waals surface area contributed by atoms with Crippen molar-refractivity contribution in [1.82, 2.24) is 15.2 Å². The molecule has 0 aliphatic heterocycles. The van der Waals surface area contributed by atoms with Crippen LogP contribution in [0.3, 0.4) is 0 Å². The molecule has 1 aromatic heterocycles. The number of carboxylic acids is 2. The van der Waals surface area contributed by atoms with Crippen molar-refractivity contribution in [2.45, 2.75) is 0 Å². The van der Waals surface area contributed by atoms with Crippen molar-refractivity contribution in [2.75, 3.05) is 5.32 Å². The quantitative estimate of drug-likeness (QED) is 0.634. The Labute approximate surface area is 111 Å². The lowest BCUT2D eigenvalue weighted by Gasteiger charge is -2.05. The zero-order valence-electron chi connectivity index (χ0n) is 9.82. The average molecular weight is 276 g/mol. The van der Waals surface area contributed by atoms with Crippen LogP contribution in [-0.2, 0) is 0 Å². The highest BCUT2D eigenvalue weighted by Crippen LogP contribution is 2.13. The smallest absolute Gasteiger partial charge is 0.336 e. The molecule has 20 heavy (non-hydrogen) atoms. The van der Waals surface area contributed by atoms with E-state index in [2.05, 4.69) is 20.5 Å². The minimum absolute atomic E-state index is 0.0104. The first-order chi connectivity index (χ1) is 9.49. The summed E-state index contributed by atoms with van der Waals surface area (Å²) in [5.41, 5.74) is -0.875. The van der Waals surface area contributed by atoms with Crippen molar-refractivity contribution in [2.24, 2.45) is 0 Å². The maximum absolute atomic E-state index is 11.8. The molecule has 0 aliphatic rings. The number of aromatic carboxylic acids is 2. The Morgan fingerprint density at radius 2 is 1.80 bits per heavy atom. The summed E-state index contributed by atoms with van der Waals surface area (Å²) in [6.45, 7) is 0. The number of carboxylic acid groups (broad SMARTS) is 2. The summed E-state index contributed by atoms with van der Waals surface area (Å²) >= 11 is 0. The van der Waals surface area contributed by atoms with Crippen LogP contribution in [0.15, 0.2) is 24.5 Å². The largest absolute Gasteiger partial charge is 0.478 e. The van der Waals surface area contributed by atoms with Gasteiger partial charge in [0.2, 0.25) is 5.95 Å². The summed E-state index contributed by atoms with van der Waals surface area (Å²) in [5, 5.41) is 27.2. The highest BCUT2D eigenvalue weighted by molar-refractivity contribution is 6.07. The van der Waals surface area contributed by atoms with E-state index < -0.39 is 29.0 Å². The maximum Gasteiger partial charge on any atom is 0.336 e. The summed E-state index contributed by atoms with van der Waals surface area (Å²) < 4.78 is 0. The van der Waals surface area contributed by atoms with Crippen LogP contribution in [0.1, 0.15) is 31.1 Å². The average Bonchev–Trinajstić information content (AvgIpc) is 2.90. The number of carbonyl (C=O) groups is 3. The Balaban J connectivity index is 2.33. The molecule has 1 heterocycles. The van der Waals surface area contributed by atoms with E-state index in [1.807, 2.05) is 0 Å². The Hall–Kier alpha value is -3.23. The van der Waals surface area contributed by atoms with Crippen molar-refractivity contribution in [3.8, 4) is 0 Å². The molecule has 0 aliphatic carbocycles. The number of carbonyl (C=O) groups excluding carboxylic acids is 1. The lowest BCUT2D eigenvalue weighted by molar-refractivity contribution is 0.0651. The van der Waals surface area contributed by atoms with E-state index in [-0.39, 0.29) is 11.5 Å². The lowest BCUT2D eigenvalue weighted by Crippen LogP contribution is -2.15. The van der Waals surface area contributed by atoms with E-state index in [0.717, 1.165) is 12.1 Å². The van der Waals surface area contributed by atoms with Gasteiger partial charge in [0.1, 0.15) is 6.33 Å². The Morgan fingerprint density at radius 1 is 1.10 bits per heavy atom. The van der Waals surface area contributed by atoms with Crippen LogP contribution in [0.25, 0.3) is 0 Å². The SMILES string of the molecule is O=C(Nc1nnc[nH]1)c1ccc(C(=O)O)c(C(=O)O)c1. The number of aromatic nitrogens is 3. The van der Waals surface area contributed by atoms with Gasteiger partial charge in [-0.25, -0.2) is 9.59 Å². The normalized spacial score (nSPS) is 10.0. The first kappa shape index (κ1) is 13.2. The van der Waals surface area contributed by atoms with Gasteiger partial charge in [-0.05, 0) is 18.2 Å². The predicted octanol–water partition coefficient (Wildman–Crippen LogP) is 0.453. The second-order valence-corrected chi connectivity index (χ2v) is 3.66. The number of nitrogens with one attached hydrogen (secondary N) is 2. The summed E-state index contributed by atoms with van der Waals surface area (Å²) in [7, 11) is 0.